The number of aliphatic hydroxyl groups excluding tert-OH is 1. The van der Waals surface area contributed by atoms with Gasteiger partial charge in [-0.1, -0.05) is 69.3 Å². The lowest BCUT2D eigenvalue weighted by molar-refractivity contribution is -0.125. The van der Waals surface area contributed by atoms with Gasteiger partial charge in [-0.05, 0) is 17.0 Å². The van der Waals surface area contributed by atoms with Crippen LogP contribution < -0.4 is 4.90 Å². The molecule has 4 nitrogen and oxygen atoms in total. The Morgan fingerprint density at radius 2 is 1.67 bits per heavy atom. The molecule has 0 aliphatic carbocycles. The number of carbonyl (C=O) groups is 1. The molecule has 0 aromatic heterocycles. The predicted octanol–water partition coefficient (Wildman–Crippen LogP) is 3.14. The number of benzene rings is 2. The molecule has 1 aliphatic rings. The Morgan fingerprint density at radius 1 is 1.04 bits per heavy atom. The maximum Gasteiger partial charge on any atom is 0.278 e. The summed E-state index contributed by atoms with van der Waals surface area (Å²) in [5, 5.41) is 10.1. The van der Waals surface area contributed by atoms with Crippen LogP contribution in [-0.4, -0.2) is 29.5 Å². The summed E-state index contributed by atoms with van der Waals surface area (Å²) in [5.41, 5.74) is 2.92. The lowest BCUT2D eigenvalue weighted by Gasteiger charge is -2.35. The fourth-order valence-corrected chi connectivity index (χ4v) is 2.94. The van der Waals surface area contributed by atoms with Crippen molar-refractivity contribution in [2.24, 2.45) is 4.99 Å². The summed E-state index contributed by atoms with van der Waals surface area (Å²) in [4.78, 5) is 18.1. The average Bonchev–Trinajstić information content (AvgIpc) is 2.57. The third-order valence-electron chi connectivity index (χ3n) is 4.15. The van der Waals surface area contributed by atoms with Gasteiger partial charge in [-0.3, -0.25) is 4.79 Å². The van der Waals surface area contributed by atoms with Crippen molar-refractivity contribution in [3.63, 3.8) is 0 Å². The highest BCUT2D eigenvalue weighted by Crippen LogP contribution is 2.33. The molecule has 1 aliphatic heterocycles. The van der Waals surface area contributed by atoms with Gasteiger partial charge in [0.25, 0.3) is 5.91 Å². The van der Waals surface area contributed by atoms with Crippen LogP contribution in [0.2, 0.25) is 0 Å². The molecular weight excluding hydrogens is 300 g/mol. The Bertz CT molecular complexity index is 776. The smallest absolute Gasteiger partial charge is 0.278 e. The number of hydrogen-bond donors (Lipinski definition) is 1. The molecule has 1 atom stereocenters. The lowest BCUT2D eigenvalue weighted by Crippen LogP contribution is -2.46. The molecule has 1 N–H and O–H groups in total. The van der Waals surface area contributed by atoms with Gasteiger partial charge in [0.15, 0.2) is 6.10 Å². The Morgan fingerprint density at radius 3 is 2.33 bits per heavy atom. The molecule has 0 bridgehead atoms. The van der Waals surface area contributed by atoms with Gasteiger partial charge in [0.1, 0.15) is 5.84 Å². The fourth-order valence-electron chi connectivity index (χ4n) is 2.94. The molecule has 0 saturated heterocycles. The Hall–Kier alpha value is -2.46. The van der Waals surface area contributed by atoms with Gasteiger partial charge in [0.05, 0.1) is 6.54 Å². The van der Waals surface area contributed by atoms with Crippen molar-refractivity contribution in [2.45, 2.75) is 32.3 Å². The van der Waals surface area contributed by atoms with Gasteiger partial charge in [0.2, 0.25) is 0 Å². The van der Waals surface area contributed by atoms with E-state index in [9.17, 15) is 9.90 Å². The Labute approximate surface area is 142 Å². The molecule has 3 rings (SSSR count). The third-order valence-corrected chi connectivity index (χ3v) is 4.15. The van der Waals surface area contributed by atoms with E-state index in [1.54, 1.807) is 0 Å². The number of amidine groups is 1. The number of rotatable bonds is 2. The van der Waals surface area contributed by atoms with Crippen LogP contribution in [0.5, 0.6) is 0 Å². The first-order chi connectivity index (χ1) is 11.4. The summed E-state index contributed by atoms with van der Waals surface area (Å²) in [6, 6.07) is 17.7. The molecule has 2 aromatic rings. The number of para-hydroxylation sites is 1. The minimum absolute atomic E-state index is 0.0647. The minimum atomic E-state index is -1.11. The van der Waals surface area contributed by atoms with Gasteiger partial charge in [-0.25, -0.2) is 0 Å². The van der Waals surface area contributed by atoms with Crippen LogP contribution in [0.1, 0.15) is 31.9 Å². The molecule has 1 amide bonds. The van der Waals surface area contributed by atoms with Crippen LogP contribution >= 0.6 is 0 Å². The number of aliphatic imine (C=N–C) groups is 1. The van der Waals surface area contributed by atoms with E-state index in [2.05, 4.69) is 31.8 Å². The van der Waals surface area contributed by atoms with Crippen molar-refractivity contribution >= 4 is 17.4 Å². The van der Waals surface area contributed by atoms with E-state index in [1.807, 2.05) is 53.4 Å². The zero-order valence-corrected chi connectivity index (χ0v) is 14.2. The minimum Gasteiger partial charge on any atom is -0.381 e. The zero-order valence-electron chi connectivity index (χ0n) is 14.2. The average molecular weight is 322 g/mol. The standard InChI is InChI=1S/C20H22N2O2/c1-20(2,3)15-11-7-8-12-16(15)22-13-17(23)19(24)21-18(22)14-9-5-4-6-10-14/h4-12,17,23H,13H2,1-3H3. The van der Waals surface area contributed by atoms with Crippen LogP contribution in [-0.2, 0) is 10.2 Å². The van der Waals surface area contributed by atoms with E-state index in [1.165, 1.54) is 0 Å². The second-order valence-electron chi connectivity index (χ2n) is 7.03. The molecule has 1 unspecified atom stereocenters. The number of nitrogens with zero attached hydrogens (tertiary/aromatic N) is 2. The van der Waals surface area contributed by atoms with Crippen LogP contribution in [0.15, 0.2) is 59.6 Å². The third kappa shape index (κ3) is 3.10. The number of β-amino-alcohol motifs (C(OH)–C–C–N with tert-alkyl or cyclic N) is 1. The number of hydrogen-bond acceptors (Lipinski definition) is 3. The van der Waals surface area contributed by atoms with Gasteiger partial charge >= 0.3 is 0 Å². The second kappa shape index (κ2) is 6.21. The van der Waals surface area contributed by atoms with Gasteiger partial charge in [0, 0.05) is 11.3 Å². The highest BCUT2D eigenvalue weighted by Gasteiger charge is 2.32. The first kappa shape index (κ1) is 16.4. The van der Waals surface area contributed by atoms with Crippen molar-refractivity contribution in [3.05, 3.63) is 65.7 Å². The predicted molar refractivity (Wildman–Crippen MR) is 96.5 cm³/mol. The summed E-state index contributed by atoms with van der Waals surface area (Å²) in [5.74, 6) is 0.0981. The monoisotopic (exact) mass is 322 g/mol. The van der Waals surface area contributed by atoms with Crippen LogP contribution in [0.4, 0.5) is 5.69 Å². The number of aliphatic hydroxyl groups is 1. The molecule has 4 heteroatoms. The Balaban J connectivity index is 2.15. The van der Waals surface area contributed by atoms with Crippen LogP contribution in [0.3, 0.4) is 0 Å². The molecule has 24 heavy (non-hydrogen) atoms. The summed E-state index contributed by atoms with van der Waals surface area (Å²) >= 11 is 0. The van der Waals surface area contributed by atoms with Gasteiger partial charge in [-0.2, -0.15) is 4.99 Å². The second-order valence-corrected chi connectivity index (χ2v) is 7.03. The number of carbonyl (C=O) groups excluding carboxylic acids is 1. The van der Waals surface area contributed by atoms with Crippen LogP contribution in [0.25, 0.3) is 0 Å². The normalized spacial score (nSPS) is 18.5. The van der Waals surface area contributed by atoms with E-state index in [0.717, 1.165) is 16.8 Å². The summed E-state index contributed by atoms with van der Waals surface area (Å²) < 4.78 is 0. The van der Waals surface area contributed by atoms with Crippen molar-refractivity contribution in [1.82, 2.24) is 0 Å². The van der Waals surface area contributed by atoms with E-state index < -0.39 is 12.0 Å². The zero-order chi connectivity index (χ0) is 17.3. The molecule has 0 fully saturated rings. The highest BCUT2D eigenvalue weighted by atomic mass is 16.3. The van der Waals surface area contributed by atoms with Crippen molar-refractivity contribution < 1.29 is 9.90 Å². The van der Waals surface area contributed by atoms with Crippen molar-refractivity contribution in [1.29, 1.82) is 0 Å². The first-order valence-electron chi connectivity index (χ1n) is 8.11. The Kier molecular flexibility index (Phi) is 4.24. The summed E-state index contributed by atoms with van der Waals surface area (Å²) in [6.07, 6.45) is -1.11. The summed E-state index contributed by atoms with van der Waals surface area (Å²) in [6.45, 7) is 6.66. The van der Waals surface area contributed by atoms with Crippen molar-refractivity contribution in [3.8, 4) is 0 Å². The molecule has 0 radical (unpaired) electrons. The highest BCUT2D eigenvalue weighted by molar-refractivity contribution is 6.16. The topological polar surface area (TPSA) is 52.9 Å². The SMILES string of the molecule is CC(C)(C)c1ccccc1N1CC(O)C(=O)N=C1c1ccccc1. The van der Waals surface area contributed by atoms with Gasteiger partial charge in [-0.15, -0.1) is 0 Å². The molecule has 124 valence electrons. The van der Waals surface area contributed by atoms with E-state index in [-0.39, 0.29) is 12.0 Å². The maximum atomic E-state index is 12.0. The molecule has 1 heterocycles. The fraction of sp³-hybridized carbons (Fsp3) is 0.300. The molecule has 0 spiro atoms. The van der Waals surface area contributed by atoms with E-state index >= 15 is 0 Å². The van der Waals surface area contributed by atoms with E-state index in [0.29, 0.717) is 5.84 Å². The van der Waals surface area contributed by atoms with Gasteiger partial charge < -0.3 is 10.0 Å². The number of amides is 1. The largest absolute Gasteiger partial charge is 0.381 e. The molecule has 2 aromatic carbocycles. The number of anilines is 1. The van der Waals surface area contributed by atoms with E-state index in [4.69, 9.17) is 0 Å². The first-order valence-corrected chi connectivity index (χ1v) is 8.11. The maximum absolute atomic E-state index is 12.0. The quantitative estimate of drug-likeness (QED) is 0.924. The molecular formula is C20H22N2O2. The summed E-state index contributed by atoms with van der Waals surface area (Å²) in [7, 11) is 0. The van der Waals surface area contributed by atoms with Crippen LogP contribution in [0, 0.1) is 0 Å². The molecule has 0 saturated carbocycles. The van der Waals surface area contributed by atoms with Crippen molar-refractivity contribution in [2.75, 3.05) is 11.4 Å². The lowest BCUT2D eigenvalue weighted by atomic mass is 9.85.